The Morgan fingerprint density at radius 1 is 1.00 bits per heavy atom. The Labute approximate surface area is 216 Å². The third-order valence-electron chi connectivity index (χ3n) is 7.23. The van der Waals surface area contributed by atoms with Crippen LogP contribution >= 0.6 is 0 Å². The first-order valence-electron chi connectivity index (χ1n) is 12.4. The van der Waals surface area contributed by atoms with Crippen molar-refractivity contribution in [2.75, 3.05) is 37.6 Å². The molecule has 2 aliphatic rings. The van der Waals surface area contributed by atoms with Crippen LogP contribution in [0, 0.1) is 11.7 Å². The van der Waals surface area contributed by atoms with Gasteiger partial charge in [0.1, 0.15) is 23.0 Å². The Hall–Kier alpha value is -3.61. The molecule has 0 aliphatic carbocycles. The fourth-order valence-corrected chi connectivity index (χ4v) is 5.28. The minimum Gasteiger partial charge on any atom is -0.354 e. The van der Waals surface area contributed by atoms with Gasteiger partial charge < -0.3 is 4.90 Å². The van der Waals surface area contributed by atoms with E-state index in [1.54, 1.807) is 18.3 Å². The quantitative estimate of drug-likeness (QED) is 0.387. The molecule has 4 aromatic rings. The number of anilines is 1. The summed E-state index contributed by atoms with van der Waals surface area (Å²) in [7, 11) is 0. The molecule has 0 bridgehead atoms. The Morgan fingerprint density at radius 3 is 2.63 bits per heavy atom. The van der Waals surface area contributed by atoms with Gasteiger partial charge in [-0.1, -0.05) is 12.1 Å². The van der Waals surface area contributed by atoms with Gasteiger partial charge >= 0.3 is 6.18 Å². The topological polar surface area (TPSA) is 73.6 Å². The van der Waals surface area contributed by atoms with E-state index in [1.165, 1.54) is 22.7 Å². The van der Waals surface area contributed by atoms with Crippen molar-refractivity contribution < 1.29 is 17.6 Å². The van der Waals surface area contributed by atoms with Crippen LogP contribution < -0.4 is 15.8 Å². The van der Waals surface area contributed by atoms with Gasteiger partial charge in [0.15, 0.2) is 5.82 Å². The molecular weight excluding hydrogens is 500 g/mol. The van der Waals surface area contributed by atoms with Gasteiger partial charge in [-0.3, -0.25) is 20.2 Å². The first kappa shape index (κ1) is 24.7. The monoisotopic (exact) mass is 526 g/mol. The molecule has 0 saturated carbocycles. The number of alkyl halides is 3. The van der Waals surface area contributed by atoms with E-state index in [4.69, 9.17) is 4.98 Å². The molecule has 2 saturated heterocycles. The number of pyridine rings is 1. The number of halogens is 4. The predicted octanol–water partition coefficient (Wildman–Crippen LogP) is 3.36. The van der Waals surface area contributed by atoms with Gasteiger partial charge in [-0.05, 0) is 35.9 Å². The molecule has 2 N–H and O–H groups in total. The zero-order valence-corrected chi connectivity index (χ0v) is 20.4. The lowest BCUT2D eigenvalue weighted by atomic mass is 9.96. The summed E-state index contributed by atoms with van der Waals surface area (Å²) < 4.78 is 55.1. The minimum absolute atomic E-state index is 0.179. The molecule has 38 heavy (non-hydrogen) atoms. The Balaban J connectivity index is 1.27. The summed E-state index contributed by atoms with van der Waals surface area (Å²) in [5.74, 6) is 1.10. The molecule has 8 nitrogen and oxygen atoms in total. The van der Waals surface area contributed by atoms with Crippen LogP contribution in [0.3, 0.4) is 0 Å². The lowest BCUT2D eigenvalue weighted by molar-refractivity contribution is -0.137. The maximum atomic E-state index is 13.8. The normalized spacial score (nSPS) is 19.5. The van der Waals surface area contributed by atoms with Gasteiger partial charge in [-0.2, -0.15) is 13.2 Å². The van der Waals surface area contributed by atoms with Gasteiger partial charge in [0.25, 0.3) is 0 Å². The number of benzene rings is 1. The van der Waals surface area contributed by atoms with Gasteiger partial charge in [0, 0.05) is 63.6 Å². The molecule has 6 rings (SSSR count). The van der Waals surface area contributed by atoms with Crippen LogP contribution in [0.2, 0.25) is 0 Å². The smallest absolute Gasteiger partial charge is 0.354 e. The maximum Gasteiger partial charge on any atom is 0.417 e. The molecule has 0 amide bonds. The summed E-state index contributed by atoms with van der Waals surface area (Å²) in [4.78, 5) is 17.9. The number of piperazine rings is 1. The second-order valence-electron chi connectivity index (χ2n) is 9.66. The molecule has 5 heterocycles. The van der Waals surface area contributed by atoms with E-state index in [0.717, 1.165) is 37.5 Å². The van der Waals surface area contributed by atoms with E-state index in [9.17, 15) is 17.6 Å². The lowest BCUT2D eigenvalue weighted by Gasteiger charge is -2.44. The SMILES string of the molecule is Fc1cccc(CN2CCN(c3ccnc(-c4cnc5ccc(C(F)(F)F)cn45)n3)CC2C2CNNC2)c1. The van der Waals surface area contributed by atoms with E-state index < -0.39 is 11.7 Å². The highest BCUT2D eigenvalue weighted by Crippen LogP contribution is 2.31. The summed E-state index contributed by atoms with van der Waals surface area (Å²) in [5.41, 5.74) is 7.35. The summed E-state index contributed by atoms with van der Waals surface area (Å²) in [6.07, 6.45) is -0.334. The van der Waals surface area contributed by atoms with Crippen molar-refractivity contribution in [3.05, 3.63) is 78.0 Å². The molecule has 12 heteroatoms. The van der Waals surface area contributed by atoms with E-state index in [2.05, 4.69) is 30.6 Å². The molecule has 0 radical (unpaired) electrons. The lowest BCUT2D eigenvalue weighted by Crippen LogP contribution is -2.56. The summed E-state index contributed by atoms with van der Waals surface area (Å²) >= 11 is 0. The van der Waals surface area contributed by atoms with Crippen LogP contribution in [0.15, 0.2) is 61.1 Å². The molecule has 1 atom stereocenters. The minimum atomic E-state index is -4.47. The highest BCUT2D eigenvalue weighted by molar-refractivity contribution is 5.59. The second kappa shape index (κ2) is 9.93. The molecule has 2 fully saturated rings. The number of nitrogens with one attached hydrogen (secondary N) is 2. The van der Waals surface area contributed by atoms with Crippen LogP contribution in [0.5, 0.6) is 0 Å². The van der Waals surface area contributed by atoms with E-state index in [0.29, 0.717) is 48.5 Å². The van der Waals surface area contributed by atoms with Crippen molar-refractivity contribution in [3.63, 3.8) is 0 Å². The highest BCUT2D eigenvalue weighted by atomic mass is 19.4. The second-order valence-corrected chi connectivity index (χ2v) is 9.66. The molecule has 198 valence electrons. The Kier molecular flexibility index (Phi) is 6.46. The third-order valence-corrected chi connectivity index (χ3v) is 7.23. The average Bonchev–Trinajstić information content (AvgIpc) is 3.59. The number of hydrogen-bond donors (Lipinski definition) is 2. The molecule has 0 spiro atoms. The summed E-state index contributed by atoms with van der Waals surface area (Å²) in [6, 6.07) is 11.0. The predicted molar refractivity (Wildman–Crippen MR) is 134 cm³/mol. The maximum absolute atomic E-state index is 13.8. The van der Waals surface area contributed by atoms with E-state index in [1.807, 2.05) is 12.1 Å². The zero-order valence-electron chi connectivity index (χ0n) is 20.4. The molecule has 1 aromatic carbocycles. The highest BCUT2D eigenvalue weighted by Gasteiger charge is 2.35. The number of aromatic nitrogens is 4. The van der Waals surface area contributed by atoms with Crippen molar-refractivity contribution >= 4 is 11.5 Å². The molecule has 3 aromatic heterocycles. The first-order valence-corrected chi connectivity index (χ1v) is 12.4. The van der Waals surface area contributed by atoms with Crippen molar-refractivity contribution in [1.29, 1.82) is 0 Å². The van der Waals surface area contributed by atoms with Gasteiger partial charge in [-0.25, -0.2) is 19.3 Å². The van der Waals surface area contributed by atoms with Gasteiger partial charge in [0.2, 0.25) is 0 Å². The molecular formula is C26H26F4N8. The van der Waals surface area contributed by atoms with E-state index >= 15 is 0 Å². The van der Waals surface area contributed by atoms with Crippen molar-refractivity contribution in [3.8, 4) is 11.5 Å². The van der Waals surface area contributed by atoms with Crippen LogP contribution in [0.25, 0.3) is 17.2 Å². The Morgan fingerprint density at radius 2 is 1.84 bits per heavy atom. The van der Waals surface area contributed by atoms with Crippen molar-refractivity contribution in [2.24, 2.45) is 5.92 Å². The standard InChI is InChI=1S/C26H26F4N8/c27-20-3-1-2-17(10-20)14-36-8-9-37(16-22(36)18-11-33-34-12-18)24-6-7-31-25(35-24)21-13-32-23-5-4-19(15-38(21)23)26(28,29)30/h1-7,10,13,15,18,22,33-34H,8-9,11-12,14,16H2. The van der Waals surface area contributed by atoms with Crippen LogP contribution in [0.1, 0.15) is 11.1 Å². The third kappa shape index (κ3) is 4.94. The van der Waals surface area contributed by atoms with Gasteiger partial charge in [0.05, 0.1) is 11.8 Å². The van der Waals surface area contributed by atoms with Gasteiger partial charge in [-0.15, -0.1) is 0 Å². The number of rotatable bonds is 5. The fourth-order valence-electron chi connectivity index (χ4n) is 5.28. The number of imidazole rings is 1. The molecule has 2 aliphatic heterocycles. The Bertz CT molecular complexity index is 1430. The average molecular weight is 527 g/mol. The largest absolute Gasteiger partial charge is 0.417 e. The molecule has 1 unspecified atom stereocenters. The fraction of sp³-hybridized carbons (Fsp3) is 0.346. The number of hydrogen-bond acceptors (Lipinski definition) is 7. The number of nitrogens with zero attached hydrogens (tertiary/aromatic N) is 6. The van der Waals surface area contributed by atoms with Crippen LogP contribution in [-0.4, -0.2) is 63.0 Å². The van der Waals surface area contributed by atoms with Crippen LogP contribution in [0.4, 0.5) is 23.4 Å². The number of hydrazine groups is 1. The summed E-state index contributed by atoms with van der Waals surface area (Å²) in [6.45, 7) is 4.42. The first-order chi connectivity index (χ1) is 18.3. The van der Waals surface area contributed by atoms with Crippen LogP contribution in [-0.2, 0) is 12.7 Å². The summed E-state index contributed by atoms with van der Waals surface area (Å²) in [5, 5.41) is 0. The van der Waals surface area contributed by atoms with E-state index in [-0.39, 0.29) is 11.9 Å². The number of fused-ring (bicyclic) bond motifs is 1. The zero-order chi connectivity index (χ0) is 26.3. The van der Waals surface area contributed by atoms with Crippen molar-refractivity contribution in [2.45, 2.75) is 18.8 Å². The van der Waals surface area contributed by atoms with Crippen molar-refractivity contribution in [1.82, 2.24) is 35.1 Å².